The Morgan fingerprint density at radius 1 is 1.18 bits per heavy atom. The van der Waals surface area contributed by atoms with Crippen LogP contribution in [0.1, 0.15) is 30.4 Å². The molecule has 2 aromatic heterocycles. The first kappa shape index (κ1) is 26.9. The fraction of sp³-hybridized carbons (Fsp3) is 0.346. The molecule has 5 rings (SSSR count). The van der Waals surface area contributed by atoms with Crippen LogP contribution in [0.25, 0.3) is 11.3 Å². The number of sulfonamides is 1. The molecule has 1 atom stereocenters. The van der Waals surface area contributed by atoms with Crippen LogP contribution >= 0.6 is 0 Å². The Morgan fingerprint density at radius 3 is 2.62 bits per heavy atom. The van der Waals surface area contributed by atoms with Gasteiger partial charge in [-0.15, -0.1) is 0 Å². The number of pyridine rings is 2. The number of hydrogen-bond donors (Lipinski definition) is 2. The summed E-state index contributed by atoms with van der Waals surface area (Å²) in [5.41, 5.74) is -1.46. The monoisotopic (exact) mass is 562 g/mol. The summed E-state index contributed by atoms with van der Waals surface area (Å²) < 4.78 is 74.0. The van der Waals surface area contributed by atoms with Crippen LogP contribution in [0.15, 0.2) is 59.8 Å². The van der Waals surface area contributed by atoms with E-state index in [1.165, 1.54) is 12.1 Å². The van der Waals surface area contributed by atoms with Gasteiger partial charge in [0.2, 0.25) is 0 Å². The molecule has 2 fully saturated rings. The minimum atomic E-state index is -4.57. The molecule has 0 spiro atoms. The van der Waals surface area contributed by atoms with Gasteiger partial charge in [0.05, 0.1) is 17.4 Å². The second-order valence-corrected chi connectivity index (χ2v) is 11.3. The van der Waals surface area contributed by atoms with E-state index in [0.717, 1.165) is 23.9 Å². The smallest absolute Gasteiger partial charge is 0.416 e. The third-order valence-electron chi connectivity index (χ3n) is 6.62. The molecule has 1 aliphatic carbocycles. The van der Waals surface area contributed by atoms with E-state index in [1.54, 1.807) is 36.1 Å². The lowest BCUT2D eigenvalue weighted by Crippen LogP contribution is -2.43. The number of anilines is 1. The van der Waals surface area contributed by atoms with Crippen LogP contribution in [0, 0.1) is 6.92 Å². The summed E-state index contributed by atoms with van der Waals surface area (Å²) >= 11 is 0. The number of nitrogens with zero attached hydrogens (tertiary/aromatic N) is 3. The van der Waals surface area contributed by atoms with Crippen molar-refractivity contribution in [2.75, 3.05) is 18.0 Å². The van der Waals surface area contributed by atoms with Crippen LogP contribution in [0.2, 0.25) is 0 Å². The number of benzene rings is 1. The molecule has 206 valence electrons. The fourth-order valence-corrected chi connectivity index (χ4v) is 5.33. The van der Waals surface area contributed by atoms with Crippen molar-refractivity contribution in [2.24, 2.45) is 0 Å². The molecule has 1 saturated carbocycles. The normalized spacial score (nSPS) is 18.6. The zero-order chi connectivity index (χ0) is 28.0. The SMILES string of the molecule is Cc1ccc(-c2cc(C(F)(F)F)ccn2)c(OC2(C(=O)NS(=O)(=O)c3cccc(N4CC[C@H](O)C4)n3)CC2)c1. The molecule has 1 amide bonds. The van der Waals surface area contributed by atoms with Crippen molar-refractivity contribution in [1.82, 2.24) is 14.7 Å². The zero-order valence-electron chi connectivity index (χ0n) is 20.8. The van der Waals surface area contributed by atoms with E-state index in [4.69, 9.17) is 4.74 Å². The number of aryl methyl sites for hydroxylation is 1. The van der Waals surface area contributed by atoms with Gasteiger partial charge >= 0.3 is 6.18 Å². The highest BCUT2D eigenvalue weighted by molar-refractivity contribution is 7.90. The molecule has 1 saturated heterocycles. The molecule has 3 heterocycles. The van der Waals surface area contributed by atoms with E-state index in [1.807, 2.05) is 4.72 Å². The standard InChI is InChI=1S/C26H25F3N4O5S/c1-16-5-6-19(20-14-17(7-11-30-20)26(27,28)29)21(13-16)38-25(9-10-25)24(35)32-39(36,37)23-4-2-3-22(31-23)33-12-8-18(34)15-33/h2-7,11,13-14,18,34H,8-10,12,15H2,1H3,(H,32,35)/t18-/m0/s1. The largest absolute Gasteiger partial charge is 0.477 e. The Kier molecular flexibility index (Phi) is 6.75. The summed E-state index contributed by atoms with van der Waals surface area (Å²) in [5.74, 6) is -0.437. The molecule has 1 aromatic carbocycles. The van der Waals surface area contributed by atoms with Crippen LogP contribution < -0.4 is 14.4 Å². The molecule has 2 aliphatic rings. The first-order valence-corrected chi connectivity index (χ1v) is 13.7. The predicted octanol–water partition coefficient (Wildman–Crippen LogP) is 3.46. The molecule has 39 heavy (non-hydrogen) atoms. The zero-order valence-corrected chi connectivity index (χ0v) is 21.6. The van der Waals surface area contributed by atoms with Crippen LogP contribution in [-0.2, 0) is 21.0 Å². The first-order chi connectivity index (χ1) is 18.4. The number of alkyl halides is 3. The van der Waals surface area contributed by atoms with Crippen molar-refractivity contribution in [3.63, 3.8) is 0 Å². The van der Waals surface area contributed by atoms with Crippen LogP contribution in [0.4, 0.5) is 19.0 Å². The molecular formula is C26H25F3N4O5S. The molecule has 3 aromatic rings. The highest BCUT2D eigenvalue weighted by atomic mass is 32.2. The van der Waals surface area contributed by atoms with Gasteiger partial charge in [-0.3, -0.25) is 9.78 Å². The maximum Gasteiger partial charge on any atom is 0.416 e. The Morgan fingerprint density at radius 2 is 1.95 bits per heavy atom. The average molecular weight is 563 g/mol. The van der Waals surface area contributed by atoms with Gasteiger partial charge in [-0.1, -0.05) is 12.1 Å². The van der Waals surface area contributed by atoms with Gasteiger partial charge in [-0.2, -0.15) is 21.6 Å². The number of β-amino-alcohol motifs (C(OH)–C–C–N with tert-alkyl or cyclic N) is 1. The van der Waals surface area contributed by atoms with Gasteiger partial charge in [0.1, 0.15) is 11.6 Å². The molecular weight excluding hydrogens is 537 g/mol. The topological polar surface area (TPSA) is 122 Å². The van der Waals surface area contributed by atoms with E-state index in [-0.39, 0.29) is 34.9 Å². The summed E-state index contributed by atoms with van der Waals surface area (Å²) in [6.07, 6.45) is -3.12. The number of nitrogens with one attached hydrogen (secondary N) is 1. The van der Waals surface area contributed by atoms with E-state index < -0.39 is 39.4 Å². The van der Waals surface area contributed by atoms with E-state index in [0.29, 0.717) is 25.3 Å². The number of amides is 1. The molecule has 2 N–H and O–H groups in total. The number of carbonyl (C=O) groups is 1. The number of ether oxygens (including phenoxy) is 1. The van der Waals surface area contributed by atoms with Crippen LogP contribution in [0.3, 0.4) is 0 Å². The molecule has 13 heteroatoms. The van der Waals surface area contributed by atoms with Gasteiger partial charge in [0.25, 0.3) is 15.9 Å². The van der Waals surface area contributed by atoms with Gasteiger partial charge in [0.15, 0.2) is 10.6 Å². The number of aliphatic hydroxyl groups excluding tert-OH is 1. The van der Waals surface area contributed by atoms with Crippen LogP contribution in [-0.4, -0.2) is 54.2 Å². The first-order valence-electron chi connectivity index (χ1n) is 12.2. The third kappa shape index (κ3) is 5.69. The second kappa shape index (κ2) is 9.79. The van der Waals surface area contributed by atoms with Gasteiger partial charge in [0, 0.05) is 37.7 Å². The molecule has 0 bridgehead atoms. The van der Waals surface area contributed by atoms with E-state index in [2.05, 4.69) is 9.97 Å². The quantitative estimate of drug-likeness (QED) is 0.449. The second-order valence-electron chi connectivity index (χ2n) is 9.68. The third-order valence-corrected chi connectivity index (χ3v) is 7.85. The Labute approximate surface area is 222 Å². The van der Waals surface area contributed by atoms with Crippen molar-refractivity contribution >= 4 is 21.7 Å². The van der Waals surface area contributed by atoms with Gasteiger partial charge in [-0.05, 0) is 55.3 Å². The van der Waals surface area contributed by atoms with Crippen molar-refractivity contribution < 1.29 is 36.2 Å². The summed E-state index contributed by atoms with van der Waals surface area (Å²) in [5, 5.41) is 9.41. The molecule has 9 nitrogen and oxygen atoms in total. The highest BCUT2D eigenvalue weighted by Gasteiger charge is 2.54. The van der Waals surface area contributed by atoms with Crippen molar-refractivity contribution in [3.8, 4) is 17.0 Å². The van der Waals surface area contributed by atoms with Crippen molar-refractivity contribution in [2.45, 2.75) is 49.1 Å². The van der Waals surface area contributed by atoms with Crippen molar-refractivity contribution in [1.29, 1.82) is 0 Å². The highest BCUT2D eigenvalue weighted by Crippen LogP contribution is 2.44. The Bertz CT molecular complexity index is 1530. The van der Waals surface area contributed by atoms with Gasteiger partial charge in [-0.25, -0.2) is 9.71 Å². The molecule has 1 aliphatic heterocycles. The number of aliphatic hydroxyl groups is 1. The number of hydrogen-bond acceptors (Lipinski definition) is 8. The Balaban J connectivity index is 1.38. The molecule has 0 radical (unpaired) electrons. The number of rotatable bonds is 7. The predicted molar refractivity (Wildman–Crippen MR) is 134 cm³/mol. The van der Waals surface area contributed by atoms with E-state index in [9.17, 15) is 31.5 Å². The minimum absolute atomic E-state index is 0.00305. The summed E-state index contributed by atoms with van der Waals surface area (Å²) in [7, 11) is -4.37. The van der Waals surface area contributed by atoms with Crippen molar-refractivity contribution in [3.05, 3.63) is 65.9 Å². The number of halogens is 3. The summed E-state index contributed by atoms with van der Waals surface area (Å²) in [6, 6.07) is 10.9. The molecule has 0 unspecified atom stereocenters. The lowest BCUT2D eigenvalue weighted by Gasteiger charge is -2.21. The Hall–Kier alpha value is -3.71. The van der Waals surface area contributed by atoms with E-state index >= 15 is 0 Å². The maximum atomic E-state index is 13.3. The average Bonchev–Trinajstić information content (AvgIpc) is 3.54. The minimum Gasteiger partial charge on any atom is -0.477 e. The maximum absolute atomic E-state index is 13.3. The fourth-order valence-electron chi connectivity index (χ4n) is 4.33. The summed E-state index contributed by atoms with van der Waals surface area (Å²) in [6.45, 7) is 2.58. The summed E-state index contributed by atoms with van der Waals surface area (Å²) in [4.78, 5) is 23.1. The number of carbonyl (C=O) groups excluding carboxylic acids is 1. The lowest BCUT2D eigenvalue weighted by molar-refractivity contribution is -0.137. The number of aromatic nitrogens is 2. The lowest BCUT2D eigenvalue weighted by atomic mass is 10.1. The van der Waals surface area contributed by atoms with Gasteiger partial charge < -0.3 is 14.7 Å². The van der Waals surface area contributed by atoms with Crippen LogP contribution in [0.5, 0.6) is 5.75 Å².